The number of carbonyl (C=O) groups excluding carboxylic acids is 2. The molecule has 0 saturated carbocycles. The zero-order chi connectivity index (χ0) is 26.9. The van der Waals surface area contributed by atoms with Crippen LogP contribution in [0.5, 0.6) is 5.75 Å². The lowest BCUT2D eigenvalue weighted by Crippen LogP contribution is -2.63. The molecule has 0 aromatic heterocycles. The lowest BCUT2D eigenvalue weighted by molar-refractivity contribution is -0.142. The van der Waals surface area contributed by atoms with Gasteiger partial charge in [-0.2, -0.15) is 0 Å². The second kappa shape index (κ2) is 11.0. The molecular weight excluding hydrogens is 500 g/mol. The normalized spacial score (nSPS) is 34.9. The molecule has 4 bridgehead atoms. The van der Waals surface area contributed by atoms with E-state index in [1.54, 1.807) is 31.2 Å². The lowest BCUT2D eigenvalue weighted by Gasteiger charge is -2.41. The zero-order valence-corrected chi connectivity index (χ0v) is 22.6. The van der Waals surface area contributed by atoms with Gasteiger partial charge in [0.25, 0.3) is 0 Å². The van der Waals surface area contributed by atoms with E-state index in [1.165, 1.54) is 7.11 Å². The van der Waals surface area contributed by atoms with Crippen LogP contribution in [0.15, 0.2) is 35.9 Å². The number of fused-ring (bicyclic) bond motifs is 5. The van der Waals surface area contributed by atoms with Crippen LogP contribution >= 0.6 is 11.6 Å². The van der Waals surface area contributed by atoms with E-state index in [-0.39, 0.29) is 36.9 Å². The van der Waals surface area contributed by atoms with Crippen molar-refractivity contribution < 1.29 is 33.6 Å². The highest BCUT2D eigenvalue weighted by Gasteiger charge is 2.52. The van der Waals surface area contributed by atoms with Crippen molar-refractivity contribution in [1.29, 1.82) is 0 Å². The largest absolute Gasteiger partial charge is 0.495 e. The maximum Gasteiger partial charge on any atom is 0.409 e. The number of nitrogens with zero attached hydrogens (tertiary/aromatic N) is 1. The van der Waals surface area contributed by atoms with Crippen molar-refractivity contribution in [3.05, 3.63) is 46.5 Å². The van der Waals surface area contributed by atoms with Gasteiger partial charge >= 0.3 is 6.09 Å². The number of alkyl carbamates (subject to hydrolysis) is 1. The summed E-state index contributed by atoms with van der Waals surface area (Å²) in [7, 11) is 4.73. The van der Waals surface area contributed by atoms with Crippen molar-refractivity contribution in [2.45, 2.75) is 69.7 Å². The molecule has 10 heteroatoms. The topological polar surface area (TPSA) is 110 Å². The molecule has 1 unspecified atom stereocenters. The monoisotopic (exact) mass is 534 g/mol. The van der Waals surface area contributed by atoms with E-state index in [0.29, 0.717) is 29.3 Å². The molecule has 2 amide bonds. The number of anilines is 1. The number of ether oxygens (including phenoxy) is 4. The molecule has 202 valence electrons. The Morgan fingerprint density at radius 3 is 2.70 bits per heavy atom. The Morgan fingerprint density at radius 1 is 1.24 bits per heavy atom. The number of rotatable bonds is 2. The number of epoxide rings is 1. The van der Waals surface area contributed by atoms with Gasteiger partial charge in [0.1, 0.15) is 23.0 Å². The second-order valence-electron chi connectivity index (χ2n) is 10.0. The fourth-order valence-corrected chi connectivity index (χ4v) is 5.43. The summed E-state index contributed by atoms with van der Waals surface area (Å²) in [4.78, 5) is 27.0. The van der Waals surface area contributed by atoms with E-state index in [4.69, 9.17) is 30.5 Å². The fraction of sp³-hybridized carbons (Fsp3) is 0.556. The molecular formula is C27H35ClN2O7. The molecule has 0 aliphatic carbocycles. The first-order valence-electron chi connectivity index (χ1n) is 12.4. The average Bonchev–Trinajstić information content (AvgIpc) is 3.63. The summed E-state index contributed by atoms with van der Waals surface area (Å²) in [6.07, 6.45) is 4.48. The minimum atomic E-state index is -1.65. The van der Waals surface area contributed by atoms with Crippen LogP contribution in [0.1, 0.15) is 38.7 Å². The molecule has 9 nitrogen and oxygen atoms in total. The number of allylic oxidation sites excluding steroid dienone is 3. The minimum Gasteiger partial charge on any atom is -0.495 e. The number of hydrogen-bond donors (Lipinski definition) is 2. The second-order valence-corrected chi connectivity index (χ2v) is 10.4. The number of carbonyl (C=O) groups is 2. The van der Waals surface area contributed by atoms with E-state index in [0.717, 1.165) is 11.1 Å². The first kappa shape index (κ1) is 27.4. The van der Waals surface area contributed by atoms with Crippen molar-refractivity contribution >= 4 is 29.3 Å². The Kier molecular flexibility index (Phi) is 8.18. The molecule has 1 aromatic carbocycles. The maximum atomic E-state index is 13.1. The standard InChI is InChI=1S/C27H35ClN2O7/c1-15-7-6-8-22(35-5)27(33)14-21(37-26(32)29-27)16(2)25-19(36-25)9-10-23(31)30(3)18-12-17(11-15)13-20(34-4)24(18)28/h6-8,12-13,16,19,21-22,25,33H,9-11,14H2,1-5H3,(H,29,32)/b8-6+,15-7+/t16-,19+,21+,22-,25?,27+/m1/s1. The number of benzene rings is 1. The average molecular weight is 535 g/mol. The van der Waals surface area contributed by atoms with E-state index in [9.17, 15) is 14.7 Å². The van der Waals surface area contributed by atoms with E-state index in [2.05, 4.69) is 5.32 Å². The van der Waals surface area contributed by atoms with Gasteiger partial charge < -0.3 is 29.0 Å². The van der Waals surface area contributed by atoms with Crippen LogP contribution in [-0.2, 0) is 25.4 Å². The molecule has 2 saturated heterocycles. The van der Waals surface area contributed by atoms with Gasteiger partial charge in [-0.1, -0.05) is 42.3 Å². The highest BCUT2D eigenvalue weighted by molar-refractivity contribution is 6.35. The molecule has 6 atom stereocenters. The third-order valence-corrected chi connectivity index (χ3v) is 7.75. The number of amides is 2. The molecule has 0 radical (unpaired) electrons. The maximum absolute atomic E-state index is 13.1. The van der Waals surface area contributed by atoms with E-state index < -0.39 is 24.0 Å². The Labute approximate surface area is 222 Å². The van der Waals surface area contributed by atoms with Crippen LogP contribution in [0.25, 0.3) is 0 Å². The predicted molar refractivity (Wildman–Crippen MR) is 139 cm³/mol. The fourth-order valence-electron chi connectivity index (χ4n) is 5.12. The van der Waals surface area contributed by atoms with Gasteiger partial charge in [-0.3, -0.25) is 10.1 Å². The Balaban J connectivity index is 1.68. The van der Waals surface area contributed by atoms with Crippen molar-refractivity contribution in [2.24, 2.45) is 5.92 Å². The minimum absolute atomic E-state index is 0.0956. The summed E-state index contributed by atoms with van der Waals surface area (Å²) >= 11 is 6.58. The van der Waals surface area contributed by atoms with E-state index >= 15 is 0 Å². The van der Waals surface area contributed by atoms with Crippen molar-refractivity contribution in [3.8, 4) is 5.75 Å². The van der Waals surface area contributed by atoms with Gasteiger partial charge in [0.05, 0.1) is 25.0 Å². The van der Waals surface area contributed by atoms with Crippen LogP contribution in [0.4, 0.5) is 10.5 Å². The SMILES string of the molecule is COc1cc2cc(c1Cl)N(C)C(=O)CC[C@@H]1OC1[C@H](C)[C@@H]1C[C@@](O)(NC(=O)O1)[C@H](OC)/C=C/C=C(\C)C2. The number of methoxy groups -OCH3 is 2. The molecule has 3 aliphatic rings. The molecule has 2 fully saturated rings. The zero-order valence-electron chi connectivity index (χ0n) is 21.8. The summed E-state index contributed by atoms with van der Waals surface area (Å²) in [6.45, 7) is 3.89. The molecule has 1 aromatic rings. The Hall–Kier alpha value is -2.59. The van der Waals surface area contributed by atoms with Gasteiger partial charge in [-0.25, -0.2) is 4.79 Å². The molecule has 37 heavy (non-hydrogen) atoms. The van der Waals surface area contributed by atoms with E-state index in [1.807, 2.05) is 32.1 Å². The Morgan fingerprint density at radius 2 is 2.00 bits per heavy atom. The predicted octanol–water partition coefficient (Wildman–Crippen LogP) is 3.76. The van der Waals surface area contributed by atoms with Gasteiger partial charge in [-0.15, -0.1) is 0 Å². The van der Waals surface area contributed by atoms with Crippen molar-refractivity contribution in [2.75, 3.05) is 26.2 Å². The van der Waals surface area contributed by atoms with Gasteiger partial charge in [-0.05, 0) is 37.5 Å². The van der Waals surface area contributed by atoms with Crippen molar-refractivity contribution in [1.82, 2.24) is 5.32 Å². The van der Waals surface area contributed by atoms with Crippen LogP contribution < -0.4 is 15.0 Å². The summed E-state index contributed by atoms with van der Waals surface area (Å²) in [5, 5.41) is 14.3. The highest BCUT2D eigenvalue weighted by atomic mass is 35.5. The summed E-state index contributed by atoms with van der Waals surface area (Å²) in [6, 6.07) is 3.75. The first-order chi connectivity index (χ1) is 17.6. The number of halogens is 1. The van der Waals surface area contributed by atoms with Crippen molar-refractivity contribution in [3.63, 3.8) is 0 Å². The molecule has 4 rings (SSSR count). The van der Waals surface area contributed by atoms with Crippen LogP contribution in [-0.4, -0.2) is 68.5 Å². The smallest absolute Gasteiger partial charge is 0.409 e. The third kappa shape index (κ3) is 5.95. The van der Waals surface area contributed by atoms with Crippen LogP contribution in [0.2, 0.25) is 5.02 Å². The Bertz CT molecular complexity index is 1110. The van der Waals surface area contributed by atoms with Crippen LogP contribution in [0.3, 0.4) is 0 Å². The lowest BCUT2D eigenvalue weighted by atomic mass is 9.87. The molecule has 2 N–H and O–H groups in total. The third-order valence-electron chi connectivity index (χ3n) is 7.37. The van der Waals surface area contributed by atoms with Gasteiger partial charge in [0.15, 0.2) is 5.72 Å². The van der Waals surface area contributed by atoms with Gasteiger partial charge in [0, 0.05) is 32.9 Å². The quantitative estimate of drug-likeness (QED) is 0.556. The number of nitrogens with one attached hydrogen (secondary N) is 1. The molecule has 3 aliphatic heterocycles. The van der Waals surface area contributed by atoms with Gasteiger partial charge in [0.2, 0.25) is 5.91 Å². The molecule has 3 heterocycles. The summed E-state index contributed by atoms with van der Waals surface area (Å²) in [5.74, 6) is 0.213. The summed E-state index contributed by atoms with van der Waals surface area (Å²) < 4.78 is 22.4. The number of aliphatic hydroxyl groups is 1. The number of hydrogen-bond acceptors (Lipinski definition) is 7. The highest BCUT2D eigenvalue weighted by Crippen LogP contribution is 2.40. The molecule has 0 spiro atoms. The first-order valence-corrected chi connectivity index (χ1v) is 12.8. The summed E-state index contributed by atoms with van der Waals surface area (Å²) in [5.41, 5.74) is 0.875. The van der Waals surface area contributed by atoms with Crippen LogP contribution in [0, 0.1) is 5.92 Å².